The van der Waals surface area contributed by atoms with Crippen molar-refractivity contribution in [1.29, 1.82) is 0 Å². The van der Waals surface area contributed by atoms with Gasteiger partial charge in [0.25, 0.3) is 5.91 Å². The molecule has 0 bridgehead atoms. The smallest absolute Gasteiger partial charge is 0.257 e. The van der Waals surface area contributed by atoms with Crippen LogP contribution in [-0.4, -0.2) is 41.2 Å². The number of carbonyl (C=O) groups excluding carboxylic acids is 1. The lowest BCUT2D eigenvalue weighted by Gasteiger charge is -2.25. The number of nitrogens with zero attached hydrogens (tertiary/aromatic N) is 3. The lowest BCUT2D eigenvalue weighted by molar-refractivity contribution is -0.134. The van der Waals surface area contributed by atoms with E-state index in [1.54, 1.807) is 24.3 Å². The van der Waals surface area contributed by atoms with Crippen LogP contribution in [0.4, 0.5) is 8.78 Å². The first-order valence-electron chi connectivity index (χ1n) is 9.15. The molecule has 2 aromatic carbocycles. The maximum atomic E-state index is 13.3. The molecule has 1 aliphatic heterocycles. The molecule has 6 heteroatoms. The molecule has 0 fully saturated rings. The zero-order valence-corrected chi connectivity index (χ0v) is 15.5. The highest BCUT2D eigenvalue weighted by atomic mass is 19.1. The van der Waals surface area contributed by atoms with Gasteiger partial charge in [0.05, 0.1) is 18.3 Å². The first-order chi connectivity index (χ1) is 13.0. The molecule has 4 nitrogen and oxygen atoms in total. The number of benzene rings is 2. The highest BCUT2D eigenvalue weighted by molar-refractivity contribution is 6.03. The Morgan fingerprint density at radius 3 is 2.15 bits per heavy atom. The Morgan fingerprint density at radius 1 is 1.04 bits per heavy atom. The molecule has 0 N–H and O–H groups in total. The second kappa shape index (κ2) is 8.39. The molecule has 0 saturated heterocycles. The SMILES string of the molecule is CCN(CC)CC(=O)N1N=C(c2ccc(F)cc2)CC1c1ccc(F)cc1. The van der Waals surface area contributed by atoms with Gasteiger partial charge in [-0.15, -0.1) is 0 Å². The molecule has 1 heterocycles. The van der Waals surface area contributed by atoms with Gasteiger partial charge in [0.15, 0.2) is 0 Å². The molecule has 1 unspecified atom stereocenters. The van der Waals surface area contributed by atoms with E-state index in [0.717, 1.165) is 29.9 Å². The van der Waals surface area contributed by atoms with E-state index < -0.39 is 0 Å². The predicted octanol–water partition coefficient (Wildman–Crippen LogP) is 3.98. The largest absolute Gasteiger partial charge is 0.295 e. The third-order valence-corrected chi connectivity index (χ3v) is 4.85. The maximum absolute atomic E-state index is 13.3. The summed E-state index contributed by atoms with van der Waals surface area (Å²) in [7, 11) is 0. The van der Waals surface area contributed by atoms with Crippen LogP contribution < -0.4 is 0 Å². The van der Waals surface area contributed by atoms with Gasteiger partial charge in [0, 0.05) is 6.42 Å². The van der Waals surface area contributed by atoms with E-state index in [9.17, 15) is 13.6 Å². The molecule has 0 spiro atoms. The van der Waals surface area contributed by atoms with Crippen molar-refractivity contribution in [3.8, 4) is 0 Å². The van der Waals surface area contributed by atoms with Crippen LogP contribution in [0.2, 0.25) is 0 Å². The van der Waals surface area contributed by atoms with Crippen LogP contribution >= 0.6 is 0 Å². The van der Waals surface area contributed by atoms with Crippen molar-refractivity contribution in [1.82, 2.24) is 9.91 Å². The second-order valence-corrected chi connectivity index (χ2v) is 6.52. The van der Waals surface area contributed by atoms with Gasteiger partial charge in [-0.2, -0.15) is 5.10 Å². The van der Waals surface area contributed by atoms with Crippen LogP contribution in [0.15, 0.2) is 53.6 Å². The van der Waals surface area contributed by atoms with E-state index in [1.165, 1.54) is 29.3 Å². The van der Waals surface area contributed by atoms with Crippen molar-refractivity contribution in [3.63, 3.8) is 0 Å². The van der Waals surface area contributed by atoms with Crippen LogP contribution in [0.25, 0.3) is 0 Å². The zero-order chi connectivity index (χ0) is 19.4. The number of hydrazone groups is 1. The van der Waals surface area contributed by atoms with E-state index in [-0.39, 0.29) is 30.1 Å². The van der Waals surface area contributed by atoms with Crippen LogP contribution in [0.1, 0.15) is 37.4 Å². The molecule has 0 aliphatic carbocycles. The van der Waals surface area contributed by atoms with Crippen molar-refractivity contribution in [2.75, 3.05) is 19.6 Å². The van der Waals surface area contributed by atoms with Crippen molar-refractivity contribution >= 4 is 11.6 Å². The highest BCUT2D eigenvalue weighted by Gasteiger charge is 2.33. The summed E-state index contributed by atoms with van der Waals surface area (Å²) >= 11 is 0. The Balaban J connectivity index is 1.90. The van der Waals surface area contributed by atoms with Crippen molar-refractivity contribution < 1.29 is 13.6 Å². The number of hydrogen-bond acceptors (Lipinski definition) is 3. The quantitative estimate of drug-likeness (QED) is 0.770. The Hall–Kier alpha value is -2.60. The lowest BCUT2D eigenvalue weighted by atomic mass is 9.98. The van der Waals surface area contributed by atoms with Crippen LogP contribution in [0.5, 0.6) is 0 Å². The summed E-state index contributed by atoms with van der Waals surface area (Å²) in [5.74, 6) is -0.746. The van der Waals surface area contributed by atoms with Gasteiger partial charge in [0.1, 0.15) is 11.6 Å². The number of rotatable bonds is 6. The third kappa shape index (κ3) is 4.39. The molecule has 0 saturated carbocycles. The topological polar surface area (TPSA) is 35.9 Å². The molecular formula is C21H23F2N3O. The summed E-state index contributed by atoms with van der Waals surface area (Å²) < 4.78 is 26.6. The Morgan fingerprint density at radius 2 is 1.59 bits per heavy atom. The van der Waals surface area contributed by atoms with E-state index >= 15 is 0 Å². The third-order valence-electron chi connectivity index (χ3n) is 4.85. The first kappa shape index (κ1) is 19.2. The van der Waals surface area contributed by atoms with Gasteiger partial charge in [-0.05, 0) is 48.5 Å². The molecule has 3 rings (SSSR count). The molecule has 142 valence electrons. The summed E-state index contributed by atoms with van der Waals surface area (Å²) in [4.78, 5) is 14.9. The van der Waals surface area contributed by atoms with Crippen LogP contribution in [-0.2, 0) is 4.79 Å². The number of amides is 1. The Labute approximate surface area is 158 Å². The number of likely N-dealkylation sites (N-methyl/N-ethyl adjacent to an activating group) is 1. The summed E-state index contributed by atoms with van der Waals surface area (Å²) in [5, 5.41) is 6.04. The van der Waals surface area contributed by atoms with Gasteiger partial charge in [-0.1, -0.05) is 38.1 Å². The number of hydrogen-bond donors (Lipinski definition) is 0. The Kier molecular flexibility index (Phi) is 5.96. The average Bonchev–Trinajstić information content (AvgIpc) is 3.12. The predicted molar refractivity (Wildman–Crippen MR) is 101 cm³/mol. The van der Waals surface area contributed by atoms with E-state index in [0.29, 0.717) is 6.42 Å². The monoisotopic (exact) mass is 371 g/mol. The summed E-state index contributed by atoms with van der Waals surface area (Å²) in [6.07, 6.45) is 0.501. The molecule has 2 aromatic rings. The average molecular weight is 371 g/mol. The van der Waals surface area contributed by atoms with Gasteiger partial charge in [0.2, 0.25) is 0 Å². The number of carbonyl (C=O) groups is 1. The molecule has 1 amide bonds. The fraction of sp³-hybridized carbons (Fsp3) is 0.333. The van der Waals surface area contributed by atoms with E-state index in [1.807, 2.05) is 18.7 Å². The molecule has 1 aliphatic rings. The van der Waals surface area contributed by atoms with Crippen molar-refractivity contribution in [2.45, 2.75) is 26.3 Å². The Bertz CT molecular complexity index is 814. The van der Waals surface area contributed by atoms with Crippen molar-refractivity contribution in [3.05, 3.63) is 71.3 Å². The standard InChI is InChI=1S/C21H23F2N3O/c1-3-25(4-2)14-21(27)26-20(16-7-11-18(23)12-8-16)13-19(24-26)15-5-9-17(22)10-6-15/h5-12,20H,3-4,13-14H2,1-2H3. The number of halogens is 2. The maximum Gasteiger partial charge on any atom is 0.257 e. The molecule has 1 atom stereocenters. The molecule has 0 radical (unpaired) electrons. The molecule has 0 aromatic heterocycles. The molecule has 27 heavy (non-hydrogen) atoms. The normalized spacial score (nSPS) is 16.7. The highest BCUT2D eigenvalue weighted by Crippen LogP contribution is 2.33. The van der Waals surface area contributed by atoms with Crippen LogP contribution in [0, 0.1) is 11.6 Å². The van der Waals surface area contributed by atoms with Crippen molar-refractivity contribution in [2.24, 2.45) is 5.10 Å². The first-order valence-corrected chi connectivity index (χ1v) is 9.15. The minimum Gasteiger partial charge on any atom is -0.295 e. The molecular weight excluding hydrogens is 348 g/mol. The van der Waals surface area contributed by atoms with E-state index in [2.05, 4.69) is 5.10 Å². The minimum absolute atomic E-state index is 0.106. The summed E-state index contributed by atoms with van der Waals surface area (Å²) in [6, 6.07) is 11.9. The minimum atomic E-state index is -0.322. The summed E-state index contributed by atoms with van der Waals surface area (Å²) in [6.45, 7) is 5.82. The fourth-order valence-electron chi connectivity index (χ4n) is 3.21. The summed E-state index contributed by atoms with van der Waals surface area (Å²) in [5.41, 5.74) is 2.32. The van der Waals surface area contributed by atoms with Crippen LogP contribution in [0.3, 0.4) is 0 Å². The van der Waals surface area contributed by atoms with Gasteiger partial charge >= 0.3 is 0 Å². The van der Waals surface area contributed by atoms with Gasteiger partial charge in [-0.25, -0.2) is 13.8 Å². The lowest BCUT2D eigenvalue weighted by Crippen LogP contribution is -2.38. The zero-order valence-electron chi connectivity index (χ0n) is 15.5. The van der Waals surface area contributed by atoms with Gasteiger partial charge in [-0.3, -0.25) is 9.69 Å². The van der Waals surface area contributed by atoms with E-state index in [4.69, 9.17) is 0 Å². The second-order valence-electron chi connectivity index (χ2n) is 6.52. The fourth-order valence-corrected chi connectivity index (χ4v) is 3.21. The van der Waals surface area contributed by atoms with Gasteiger partial charge < -0.3 is 0 Å².